The van der Waals surface area contributed by atoms with Gasteiger partial charge in [0.15, 0.2) is 0 Å². The van der Waals surface area contributed by atoms with E-state index in [0.717, 1.165) is 25.3 Å². The molecule has 0 amide bonds. The highest BCUT2D eigenvalue weighted by molar-refractivity contribution is 5.63. The molecule has 1 aliphatic rings. The van der Waals surface area contributed by atoms with Crippen molar-refractivity contribution < 1.29 is 14.4 Å². The molecule has 1 saturated carbocycles. The first-order chi connectivity index (χ1) is 8.99. The maximum atomic E-state index is 13.4. The van der Waals surface area contributed by atoms with Gasteiger partial charge in [-0.25, -0.2) is 4.39 Å². The Balaban J connectivity index is 2.27. The third kappa shape index (κ3) is 3.01. The van der Waals surface area contributed by atoms with Gasteiger partial charge in [-0.1, -0.05) is 12.8 Å². The summed E-state index contributed by atoms with van der Waals surface area (Å²) in [4.78, 5) is 10.3. The van der Waals surface area contributed by atoms with Crippen LogP contribution in [0.5, 0.6) is 0 Å². The van der Waals surface area contributed by atoms with Crippen molar-refractivity contribution in [2.45, 2.75) is 44.8 Å². The number of rotatable bonds is 3. The van der Waals surface area contributed by atoms with Crippen LogP contribution >= 0.6 is 0 Å². The largest absolute Gasteiger partial charge is 0.391 e. The van der Waals surface area contributed by atoms with Gasteiger partial charge in [0.2, 0.25) is 0 Å². The molecular formula is C13H17FN2O3. The molecule has 2 unspecified atom stereocenters. The first kappa shape index (κ1) is 13.7. The van der Waals surface area contributed by atoms with E-state index >= 15 is 0 Å². The number of aryl methyl sites for hydroxylation is 1. The van der Waals surface area contributed by atoms with E-state index in [2.05, 4.69) is 5.32 Å². The van der Waals surface area contributed by atoms with E-state index < -0.39 is 16.8 Å². The number of halogens is 1. The molecule has 1 aromatic carbocycles. The van der Waals surface area contributed by atoms with Crippen molar-refractivity contribution in [3.8, 4) is 0 Å². The average Bonchev–Trinajstić information content (AvgIpc) is 2.36. The number of benzene rings is 1. The molecule has 5 nitrogen and oxygen atoms in total. The molecule has 0 bridgehead atoms. The van der Waals surface area contributed by atoms with Crippen molar-refractivity contribution in [2.24, 2.45) is 0 Å². The normalized spacial score (nSPS) is 23.1. The number of nitro groups is 1. The van der Waals surface area contributed by atoms with Crippen molar-refractivity contribution in [2.75, 3.05) is 5.32 Å². The second kappa shape index (κ2) is 5.52. The van der Waals surface area contributed by atoms with Gasteiger partial charge in [-0.05, 0) is 31.4 Å². The van der Waals surface area contributed by atoms with Gasteiger partial charge in [0.1, 0.15) is 11.5 Å². The smallest absolute Gasteiger partial charge is 0.295 e. The van der Waals surface area contributed by atoms with Crippen LogP contribution in [0.4, 0.5) is 15.8 Å². The Morgan fingerprint density at radius 1 is 1.42 bits per heavy atom. The molecule has 0 saturated heterocycles. The van der Waals surface area contributed by atoms with Crippen LogP contribution in [0.15, 0.2) is 12.1 Å². The SMILES string of the molecule is Cc1cc(NC2CCCCC2O)c([N+](=O)[O-])cc1F. The fraction of sp³-hybridized carbons (Fsp3) is 0.538. The summed E-state index contributed by atoms with van der Waals surface area (Å²) in [5.41, 5.74) is 0.328. The fourth-order valence-electron chi connectivity index (χ4n) is 2.42. The van der Waals surface area contributed by atoms with Crippen molar-refractivity contribution in [3.63, 3.8) is 0 Å². The number of nitrogens with zero attached hydrogens (tertiary/aromatic N) is 1. The molecule has 1 fully saturated rings. The monoisotopic (exact) mass is 268 g/mol. The van der Waals surface area contributed by atoms with E-state index in [1.165, 1.54) is 6.07 Å². The van der Waals surface area contributed by atoms with Gasteiger partial charge >= 0.3 is 0 Å². The van der Waals surface area contributed by atoms with E-state index in [0.29, 0.717) is 12.0 Å². The van der Waals surface area contributed by atoms with Gasteiger partial charge in [-0.3, -0.25) is 10.1 Å². The van der Waals surface area contributed by atoms with Crippen molar-refractivity contribution in [1.29, 1.82) is 0 Å². The summed E-state index contributed by atoms with van der Waals surface area (Å²) in [6.45, 7) is 1.56. The minimum absolute atomic E-state index is 0.211. The Morgan fingerprint density at radius 3 is 2.74 bits per heavy atom. The first-order valence-electron chi connectivity index (χ1n) is 6.38. The lowest BCUT2D eigenvalue weighted by Gasteiger charge is -2.29. The van der Waals surface area contributed by atoms with Crippen LogP contribution in [0.3, 0.4) is 0 Å². The second-order valence-electron chi connectivity index (χ2n) is 4.98. The summed E-state index contributed by atoms with van der Waals surface area (Å²) >= 11 is 0. The van der Waals surface area contributed by atoms with Crippen LogP contribution in [-0.2, 0) is 0 Å². The van der Waals surface area contributed by atoms with Crippen LogP contribution in [0.1, 0.15) is 31.2 Å². The van der Waals surface area contributed by atoms with Crippen molar-refractivity contribution in [1.82, 2.24) is 0 Å². The highest BCUT2D eigenvalue weighted by Crippen LogP contribution is 2.30. The molecule has 0 radical (unpaired) electrons. The van der Waals surface area contributed by atoms with E-state index in [1.54, 1.807) is 6.92 Å². The lowest BCUT2D eigenvalue weighted by Crippen LogP contribution is -2.36. The van der Waals surface area contributed by atoms with E-state index in [-0.39, 0.29) is 17.4 Å². The molecule has 0 aromatic heterocycles. The van der Waals surface area contributed by atoms with Gasteiger partial charge in [0.05, 0.1) is 23.1 Å². The maximum absolute atomic E-state index is 13.4. The molecular weight excluding hydrogens is 251 g/mol. The Labute approximate surface area is 110 Å². The highest BCUT2D eigenvalue weighted by Gasteiger charge is 2.26. The van der Waals surface area contributed by atoms with Crippen LogP contribution in [0, 0.1) is 22.9 Å². The molecule has 1 aliphatic carbocycles. The van der Waals surface area contributed by atoms with Crippen molar-refractivity contribution in [3.05, 3.63) is 33.6 Å². The quantitative estimate of drug-likeness (QED) is 0.653. The number of hydrogen-bond donors (Lipinski definition) is 2. The van der Waals surface area contributed by atoms with Gasteiger partial charge in [-0.2, -0.15) is 0 Å². The predicted molar refractivity (Wildman–Crippen MR) is 69.7 cm³/mol. The lowest BCUT2D eigenvalue weighted by molar-refractivity contribution is -0.384. The minimum Gasteiger partial charge on any atom is -0.391 e. The number of anilines is 1. The van der Waals surface area contributed by atoms with Gasteiger partial charge in [-0.15, -0.1) is 0 Å². The number of nitrogens with one attached hydrogen (secondary N) is 1. The third-order valence-corrected chi connectivity index (χ3v) is 3.54. The van der Waals surface area contributed by atoms with E-state index in [9.17, 15) is 19.6 Å². The summed E-state index contributed by atoms with van der Waals surface area (Å²) in [6.07, 6.45) is 2.87. The summed E-state index contributed by atoms with van der Waals surface area (Å²) in [7, 11) is 0. The number of nitro benzene ring substituents is 1. The lowest BCUT2D eigenvalue weighted by atomic mass is 9.92. The van der Waals surface area contributed by atoms with Gasteiger partial charge in [0, 0.05) is 0 Å². The summed E-state index contributed by atoms with van der Waals surface area (Å²) in [5.74, 6) is -0.596. The van der Waals surface area contributed by atoms with Gasteiger partial charge in [0.25, 0.3) is 5.69 Å². The zero-order valence-electron chi connectivity index (χ0n) is 10.7. The zero-order chi connectivity index (χ0) is 14.0. The molecule has 0 heterocycles. The molecule has 1 aromatic rings. The van der Waals surface area contributed by atoms with Crippen LogP contribution in [-0.4, -0.2) is 22.2 Å². The number of aliphatic hydroxyl groups excluding tert-OH is 1. The molecule has 104 valence electrons. The van der Waals surface area contributed by atoms with Gasteiger partial charge < -0.3 is 10.4 Å². The summed E-state index contributed by atoms with van der Waals surface area (Å²) in [6, 6.07) is 2.14. The molecule has 2 rings (SSSR count). The molecule has 0 spiro atoms. The standard InChI is InChI=1S/C13H17FN2O3/c1-8-6-11(12(16(18)19)7-9(8)14)15-10-4-2-3-5-13(10)17/h6-7,10,13,15,17H,2-5H2,1H3. The molecule has 0 aliphatic heterocycles. The Morgan fingerprint density at radius 2 is 2.11 bits per heavy atom. The van der Waals surface area contributed by atoms with E-state index in [1.807, 2.05) is 0 Å². The second-order valence-corrected chi connectivity index (χ2v) is 4.98. The Hall–Kier alpha value is -1.69. The molecule has 6 heteroatoms. The minimum atomic E-state index is -0.611. The Bertz CT molecular complexity index is 493. The van der Waals surface area contributed by atoms with Crippen LogP contribution in [0.25, 0.3) is 0 Å². The molecule has 2 atom stereocenters. The highest BCUT2D eigenvalue weighted by atomic mass is 19.1. The maximum Gasteiger partial charge on any atom is 0.295 e. The predicted octanol–water partition coefficient (Wildman–Crippen LogP) is 2.76. The van der Waals surface area contributed by atoms with Crippen LogP contribution < -0.4 is 5.32 Å². The number of aliphatic hydroxyl groups is 1. The fourth-order valence-corrected chi connectivity index (χ4v) is 2.42. The topological polar surface area (TPSA) is 75.4 Å². The van der Waals surface area contributed by atoms with Crippen LogP contribution in [0.2, 0.25) is 0 Å². The number of hydrogen-bond acceptors (Lipinski definition) is 4. The van der Waals surface area contributed by atoms with Crippen molar-refractivity contribution >= 4 is 11.4 Å². The Kier molecular flexibility index (Phi) is 3.99. The zero-order valence-corrected chi connectivity index (χ0v) is 10.7. The first-order valence-corrected chi connectivity index (χ1v) is 6.38. The molecule has 2 N–H and O–H groups in total. The third-order valence-electron chi connectivity index (χ3n) is 3.54. The summed E-state index contributed by atoms with van der Waals surface area (Å²) < 4.78 is 13.4. The summed E-state index contributed by atoms with van der Waals surface area (Å²) in [5, 5.41) is 23.8. The average molecular weight is 268 g/mol. The van der Waals surface area contributed by atoms with E-state index in [4.69, 9.17) is 0 Å². The molecule has 19 heavy (non-hydrogen) atoms.